The van der Waals surface area contributed by atoms with Crippen LogP contribution in [0.3, 0.4) is 0 Å². The van der Waals surface area contributed by atoms with Crippen molar-refractivity contribution in [1.82, 2.24) is 4.57 Å². The molecule has 1 N–H and O–H groups in total. The highest BCUT2D eigenvalue weighted by atomic mass is 32.1. The van der Waals surface area contributed by atoms with Gasteiger partial charge in [0.25, 0.3) is 0 Å². The summed E-state index contributed by atoms with van der Waals surface area (Å²) in [5.41, 5.74) is 20.0. The molecule has 0 bridgehead atoms. The molecule has 0 unspecified atom stereocenters. The number of anilines is 2. The number of furan rings is 1. The van der Waals surface area contributed by atoms with E-state index in [1.165, 1.54) is 131 Å². The van der Waals surface area contributed by atoms with Gasteiger partial charge in [0.1, 0.15) is 11.2 Å². The lowest BCUT2D eigenvalue weighted by molar-refractivity contribution is 0.332. The fraction of sp³-hybridized carbons (Fsp3) is 0.242. The van der Waals surface area contributed by atoms with Gasteiger partial charge in [0.05, 0.1) is 22.1 Å². The van der Waals surface area contributed by atoms with Crippen molar-refractivity contribution in [1.29, 1.82) is 0 Å². The Morgan fingerprint density at radius 1 is 0.569 bits per heavy atom. The van der Waals surface area contributed by atoms with Gasteiger partial charge in [0.2, 0.25) is 7.28 Å². The first-order valence-electron chi connectivity index (χ1n) is 25.9. The predicted molar refractivity (Wildman–Crippen MR) is 316 cm³/mol. The van der Waals surface area contributed by atoms with Crippen LogP contribution in [0, 0.1) is 0 Å². The van der Waals surface area contributed by atoms with E-state index in [1.54, 1.807) is 0 Å². The number of aromatic nitrogens is 1. The first-order valence-corrected chi connectivity index (χ1v) is 27.5. The zero-order valence-electron chi connectivity index (χ0n) is 43.1. The van der Waals surface area contributed by atoms with Gasteiger partial charge >= 0.3 is 0 Å². The van der Waals surface area contributed by atoms with Crippen molar-refractivity contribution in [2.24, 2.45) is 0 Å². The maximum absolute atomic E-state index is 7.34. The highest BCUT2D eigenvalue weighted by Crippen LogP contribution is 2.53. The van der Waals surface area contributed by atoms with Crippen molar-refractivity contribution in [3.8, 4) is 27.9 Å². The number of nitrogens with zero attached hydrogens (tertiary/aromatic N) is 1. The summed E-state index contributed by atoms with van der Waals surface area (Å²) in [7, 11) is 0.806. The summed E-state index contributed by atoms with van der Waals surface area (Å²) in [6, 6.07) is 53.2. The van der Waals surface area contributed by atoms with Crippen molar-refractivity contribution in [2.75, 3.05) is 5.32 Å². The van der Waals surface area contributed by atoms with Crippen LogP contribution in [-0.2, 0) is 21.7 Å². The standard InChI is InChI=1S/C66H59BN2OS2/c1-63(2,3)38-21-24-40(25-22-38)68-49-33-43-42-32-47-48(66(9,10)29-28-65(47,7)8)35-54(42)71-53(43)34-44(49)55-56-41-18-14-15-19-51(41)70-61(56)57-45-31-39(64(4,5)6)23-26-50(45)69-59-46-30-37(36-16-12-11-13-17-36)20-27-52(46)72-62(59)67-58(55)60(57)69/h11-27,30-35,67-68H,28-29H2,1-10H3. The second-order valence-electron chi connectivity index (χ2n) is 24.4. The molecule has 0 fully saturated rings. The Morgan fingerprint density at radius 2 is 1.25 bits per heavy atom. The fourth-order valence-electron chi connectivity index (χ4n) is 12.6. The van der Waals surface area contributed by atoms with Gasteiger partial charge in [-0.1, -0.05) is 142 Å². The summed E-state index contributed by atoms with van der Waals surface area (Å²) in [5.74, 6) is 0. The number of para-hydroxylation sites is 1. The molecule has 0 saturated heterocycles. The number of thiophene rings is 2. The lowest BCUT2D eigenvalue weighted by Gasteiger charge is -2.41. The number of rotatable bonds is 4. The Labute approximate surface area is 430 Å². The third kappa shape index (κ3) is 6.47. The van der Waals surface area contributed by atoms with Crippen molar-refractivity contribution in [2.45, 2.75) is 104 Å². The SMILES string of the molecule is CC(C)(C)c1ccc(Nc2cc3c(cc2-c2c4c5c(c6cc(C(C)(C)C)ccc6n5-c5c(sc6ccc(-c7ccccc7)cc56)B4)c4oc5ccccc5c24)sc2cc4c(cc23)C(C)(C)CCC4(C)C)cc1. The third-order valence-corrected chi connectivity index (χ3v) is 19.1. The fourth-order valence-corrected chi connectivity index (χ4v) is 14.9. The quantitative estimate of drug-likeness (QED) is 0.178. The van der Waals surface area contributed by atoms with Gasteiger partial charge in [0.15, 0.2) is 0 Å². The smallest absolute Gasteiger partial charge is 0.211 e. The number of nitrogens with one attached hydrogen (secondary N) is 1. The van der Waals surface area contributed by atoms with Gasteiger partial charge < -0.3 is 14.3 Å². The molecule has 0 radical (unpaired) electrons. The molecule has 3 nitrogen and oxygen atoms in total. The topological polar surface area (TPSA) is 30.1 Å². The zero-order chi connectivity index (χ0) is 49.4. The van der Waals surface area contributed by atoms with Crippen LogP contribution in [0.25, 0.3) is 102 Å². The van der Waals surface area contributed by atoms with Crippen LogP contribution in [-0.4, -0.2) is 11.8 Å². The van der Waals surface area contributed by atoms with Crippen molar-refractivity contribution >= 4 is 126 Å². The molecule has 12 aromatic rings. The molecule has 2 aliphatic rings. The lowest BCUT2D eigenvalue weighted by atomic mass is 9.62. The molecule has 6 heteroatoms. The second-order valence-corrected chi connectivity index (χ2v) is 26.7. The van der Waals surface area contributed by atoms with Crippen LogP contribution in [0.5, 0.6) is 0 Å². The van der Waals surface area contributed by atoms with Gasteiger partial charge in [-0.05, 0) is 150 Å². The molecule has 0 amide bonds. The summed E-state index contributed by atoms with van der Waals surface area (Å²) in [5, 5.41) is 12.9. The lowest BCUT2D eigenvalue weighted by Crippen LogP contribution is -2.35. The zero-order valence-corrected chi connectivity index (χ0v) is 44.7. The van der Waals surface area contributed by atoms with E-state index in [-0.39, 0.29) is 21.7 Å². The van der Waals surface area contributed by atoms with Crippen molar-refractivity contribution in [3.05, 3.63) is 162 Å². The van der Waals surface area contributed by atoms with Crippen LogP contribution in [0.1, 0.15) is 104 Å². The largest absolute Gasteiger partial charge is 0.455 e. The predicted octanol–water partition coefficient (Wildman–Crippen LogP) is 18.0. The molecule has 4 aromatic heterocycles. The van der Waals surface area contributed by atoms with E-state index < -0.39 is 0 Å². The Balaban J connectivity index is 1.13. The van der Waals surface area contributed by atoms with E-state index in [0.29, 0.717) is 0 Å². The van der Waals surface area contributed by atoms with Gasteiger partial charge in [-0.25, -0.2) is 0 Å². The first kappa shape index (κ1) is 44.1. The molecule has 72 heavy (non-hydrogen) atoms. The summed E-state index contributed by atoms with van der Waals surface area (Å²) >= 11 is 3.91. The molecule has 1 aliphatic heterocycles. The molecule has 14 rings (SSSR count). The monoisotopic (exact) mass is 970 g/mol. The van der Waals surface area contributed by atoms with Crippen LogP contribution in [0.15, 0.2) is 144 Å². The molecule has 0 spiro atoms. The minimum absolute atomic E-state index is 0.0422. The molecule has 0 atom stereocenters. The minimum Gasteiger partial charge on any atom is -0.455 e. The first-order chi connectivity index (χ1) is 34.4. The normalized spacial score (nSPS) is 15.3. The van der Waals surface area contributed by atoms with Crippen LogP contribution in [0.4, 0.5) is 11.4 Å². The molecular weight excluding hydrogens is 912 g/mol. The second kappa shape index (κ2) is 15.0. The Bertz CT molecular complexity index is 4280. The van der Waals surface area contributed by atoms with E-state index in [1.807, 2.05) is 22.7 Å². The average molecular weight is 971 g/mol. The summed E-state index contributed by atoms with van der Waals surface area (Å²) < 4.78 is 15.3. The van der Waals surface area contributed by atoms with Crippen molar-refractivity contribution in [3.63, 3.8) is 0 Å². The Kier molecular flexibility index (Phi) is 9.19. The summed E-state index contributed by atoms with van der Waals surface area (Å²) in [6.45, 7) is 23.6. The summed E-state index contributed by atoms with van der Waals surface area (Å²) in [4.78, 5) is 0. The average Bonchev–Trinajstić information content (AvgIpc) is 4.11. The number of hydrogen-bond donors (Lipinski definition) is 1. The van der Waals surface area contributed by atoms with E-state index in [9.17, 15) is 0 Å². The van der Waals surface area contributed by atoms with Crippen LogP contribution >= 0.6 is 22.7 Å². The Hall–Kier alpha value is -6.60. The van der Waals surface area contributed by atoms with E-state index in [0.717, 1.165) is 35.2 Å². The molecule has 5 heterocycles. The maximum Gasteiger partial charge on any atom is 0.211 e. The number of fused-ring (bicyclic) bond motifs is 15. The van der Waals surface area contributed by atoms with Gasteiger partial charge in [-0.2, -0.15) is 0 Å². The Morgan fingerprint density at radius 3 is 2.00 bits per heavy atom. The molecule has 354 valence electrons. The van der Waals surface area contributed by atoms with Gasteiger partial charge in [-0.15, -0.1) is 22.7 Å². The summed E-state index contributed by atoms with van der Waals surface area (Å²) in [6.07, 6.45) is 2.38. The molecule has 1 aliphatic carbocycles. The molecule has 0 saturated carbocycles. The van der Waals surface area contributed by atoms with E-state index in [4.69, 9.17) is 4.42 Å². The maximum atomic E-state index is 7.34. The number of hydrogen-bond acceptors (Lipinski definition) is 4. The van der Waals surface area contributed by atoms with Gasteiger partial charge in [0, 0.05) is 63.4 Å². The minimum atomic E-state index is -0.0422. The highest BCUT2D eigenvalue weighted by Gasteiger charge is 2.38. The molecule has 8 aromatic carbocycles. The molecular formula is C66H59BN2OS2. The van der Waals surface area contributed by atoms with Crippen LogP contribution in [0.2, 0.25) is 0 Å². The highest BCUT2D eigenvalue weighted by molar-refractivity contribution is 7.29. The van der Waals surface area contributed by atoms with E-state index >= 15 is 0 Å². The van der Waals surface area contributed by atoms with Gasteiger partial charge in [-0.3, -0.25) is 0 Å². The third-order valence-electron chi connectivity index (χ3n) is 16.8. The van der Waals surface area contributed by atoms with E-state index in [2.05, 4.69) is 219 Å². The number of benzene rings is 8. The van der Waals surface area contributed by atoms with Crippen LogP contribution < -0.4 is 15.6 Å². The van der Waals surface area contributed by atoms with Crippen molar-refractivity contribution < 1.29 is 4.42 Å².